The maximum absolute atomic E-state index is 11.7. The first-order valence-electron chi connectivity index (χ1n) is 7.95. The van der Waals surface area contributed by atoms with Crippen LogP contribution in [-0.2, 0) is 5.60 Å². The number of rotatable bonds is 4. The Morgan fingerprint density at radius 3 is 2.43 bits per heavy atom. The molecule has 1 aliphatic carbocycles. The van der Waals surface area contributed by atoms with E-state index in [0.717, 1.165) is 45.2 Å². The van der Waals surface area contributed by atoms with Crippen LogP contribution < -0.4 is 0 Å². The molecule has 1 N–H and O–H groups in total. The second-order valence-electron chi connectivity index (χ2n) is 6.42. The molecule has 0 radical (unpaired) electrons. The molecular weight excluding hydrogens is 397 g/mol. The lowest BCUT2D eigenvalue weighted by Gasteiger charge is -2.32. The highest BCUT2D eigenvalue weighted by molar-refractivity contribution is 14.1. The summed E-state index contributed by atoms with van der Waals surface area (Å²) in [6, 6.07) is 14.5. The van der Waals surface area contributed by atoms with Crippen LogP contribution in [0.25, 0.3) is 12.2 Å². The van der Waals surface area contributed by atoms with E-state index in [0.29, 0.717) is 0 Å². The molecule has 2 aromatic carbocycles. The van der Waals surface area contributed by atoms with Gasteiger partial charge in [-0.05, 0) is 90.5 Å². The Balaban J connectivity index is 2.12. The molecule has 1 atom stereocenters. The van der Waals surface area contributed by atoms with E-state index in [9.17, 15) is 5.11 Å². The number of benzene rings is 2. The zero-order chi connectivity index (χ0) is 16.4. The molecule has 0 fully saturated rings. The summed E-state index contributed by atoms with van der Waals surface area (Å²) in [6.07, 6.45) is 5.90. The largest absolute Gasteiger partial charge is 0.380 e. The first-order chi connectivity index (χ1) is 11.0. The van der Waals surface area contributed by atoms with E-state index < -0.39 is 5.60 Å². The van der Waals surface area contributed by atoms with E-state index in [-0.39, 0.29) is 0 Å². The third-order valence-corrected chi connectivity index (χ3v) is 5.12. The topological polar surface area (TPSA) is 23.5 Å². The Morgan fingerprint density at radius 2 is 1.70 bits per heavy atom. The molecule has 3 heteroatoms. The summed E-state index contributed by atoms with van der Waals surface area (Å²) in [6.45, 7) is 0.969. The fourth-order valence-corrected chi connectivity index (χ4v) is 3.79. The lowest BCUT2D eigenvalue weighted by atomic mass is 9.80. The quantitative estimate of drug-likeness (QED) is 0.745. The van der Waals surface area contributed by atoms with Crippen LogP contribution in [0.15, 0.2) is 42.5 Å². The van der Waals surface area contributed by atoms with Gasteiger partial charge in [0.25, 0.3) is 0 Å². The van der Waals surface area contributed by atoms with E-state index in [1.807, 2.05) is 12.1 Å². The predicted molar refractivity (Wildman–Crippen MR) is 105 cm³/mol. The van der Waals surface area contributed by atoms with Crippen molar-refractivity contribution in [3.8, 4) is 0 Å². The molecule has 0 saturated heterocycles. The van der Waals surface area contributed by atoms with Crippen molar-refractivity contribution in [2.75, 3.05) is 20.6 Å². The fraction of sp³-hybridized carbons (Fsp3) is 0.300. The van der Waals surface area contributed by atoms with E-state index in [2.05, 4.69) is 84.1 Å². The summed E-state index contributed by atoms with van der Waals surface area (Å²) in [5.41, 5.74) is 3.30. The molecule has 3 rings (SSSR count). The van der Waals surface area contributed by atoms with Gasteiger partial charge >= 0.3 is 0 Å². The maximum atomic E-state index is 11.7. The number of hydrogen-bond donors (Lipinski definition) is 1. The van der Waals surface area contributed by atoms with Gasteiger partial charge in [0.2, 0.25) is 0 Å². The summed E-state index contributed by atoms with van der Waals surface area (Å²) >= 11 is 2.32. The molecule has 1 aliphatic rings. The van der Waals surface area contributed by atoms with Crippen molar-refractivity contribution in [1.29, 1.82) is 0 Å². The molecule has 120 valence electrons. The highest BCUT2D eigenvalue weighted by Gasteiger charge is 2.35. The van der Waals surface area contributed by atoms with E-state index in [4.69, 9.17) is 0 Å². The average Bonchev–Trinajstić information content (AvgIpc) is 2.64. The van der Waals surface area contributed by atoms with Crippen LogP contribution in [0.4, 0.5) is 0 Å². The van der Waals surface area contributed by atoms with Crippen molar-refractivity contribution >= 4 is 34.7 Å². The Labute approximate surface area is 152 Å². The number of nitrogens with zero attached hydrogens (tertiary/aromatic N) is 1. The maximum Gasteiger partial charge on any atom is 0.116 e. The first-order valence-corrected chi connectivity index (χ1v) is 9.03. The van der Waals surface area contributed by atoms with Crippen LogP contribution in [0.3, 0.4) is 0 Å². The lowest BCUT2D eigenvalue weighted by Crippen LogP contribution is -2.30. The van der Waals surface area contributed by atoms with Crippen molar-refractivity contribution in [2.45, 2.75) is 18.4 Å². The van der Waals surface area contributed by atoms with Gasteiger partial charge in [0.15, 0.2) is 0 Å². The second-order valence-corrected chi connectivity index (χ2v) is 7.66. The molecule has 0 saturated carbocycles. The highest BCUT2D eigenvalue weighted by atomic mass is 127. The molecule has 0 heterocycles. The lowest BCUT2D eigenvalue weighted by molar-refractivity contribution is 0.0662. The Hall–Kier alpha value is -1.17. The van der Waals surface area contributed by atoms with Gasteiger partial charge in [-0.1, -0.05) is 42.5 Å². The van der Waals surface area contributed by atoms with Crippen molar-refractivity contribution in [3.63, 3.8) is 0 Å². The van der Waals surface area contributed by atoms with Gasteiger partial charge in [0.05, 0.1) is 0 Å². The first kappa shape index (κ1) is 16.7. The Morgan fingerprint density at radius 1 is 1.00 bits per heavy atom. The molecule has 0 amide bonds. The average molecular weight is 419 g/mol. The van der Waals surface area contributed by atoms with Gasteiger partial charge in [0.1, 0.15) is 5.60 Å². The minimum atomic E-state index is -0.938. The van der Waals surface area contributed by atoms with Crippen LogP contribution in [0.1, 0.15) is 35.1 Å². The van der Waals surface area contributed by atoms with Gasteiger partial charge in [0, 0.05) is 3.57 Å². The Bertz CT molecular complexity index is 738. The summed E-state index contributed by atoms with van der Waals surface area (Å²) in [4.78, 5) is 2.17. The zero-order valence-electron chi connectivity index (χ0n) is 13.6. The SMILES string of the molecule is CN(C)CCCC1(O)c2ccccc2C=Cc2ccc(I)cc21. The summed E-state index contributed by atoms with van der Waals surface area (Å²) < 4.78 is 1.15. The van der Waals surface area contributed by atoms with E-state index in [1.165, 1.54) is 0 Å². The van der Waals surface area contributed by atoms with Crippen LogP contribution in [0.5, 0.6) is 0 Å². The number of fused-ring (bicyclic) bond motifs is 2. The standard InChI is InChI=1S/C20H22INO/c1-22(2)13-5-12-20(23)18-7-4-3-6-15(18)8-9-16-10-11-17(21)14-19(16)20/h3-4,6-11,14,23H,5,12-13H2,1-2H3. The molecular formula is C20H22INO. The smallest absolute Gasteiger partial charge is 0.116 e. The van der Waals surface area contributed by atoms with Crippen molar-refractivity contribution in [2.24, 2.45) is 0 Å². The summed E-state index contributed by atoms with van der Waals surface area (Å²) in [5.74, 6) is 0. The van der Waals surface area contributed by atoms with Gasteiger partial charge in [-0.25, -0.2) is 0 Å². The fourth-order valence-electron chi connectivity index (χ4n) is 3.30. The van der Waals surface area contributed by atoms with E-state index >= 15 is 0 Å². The number of halogens is 1. The van der Waals surface area contributed by atoms with Gasteiger partial charge in [-0.2, -0.15) is 0 Å². The van der Waals surface area contributed by atoms with Crippen LogP contribution in [0, 0.1) is 3.57 Å². The minimum absolute atomic E-state index is 0.719. The van der Waals surface area contributed by atoms with Gasteiger partial charge < -0.3 is 10.0 Å². The van der Waals surface area contributed by atoms with Crippen molar-refractivity contribution < 1.29 is 5.11 Å². The molecule has 0 aromatic heterocycles. The second kappa shape index (κ2) is 6.75. The third kappa shape index (κ3) is 3.37. The summed E-state index contributed by atoms with van der Waals surface area (Å²) in [5, 5.41) is 11.7. The van der Waals surface area contributed by atoms with Gasteiger partial charge in [-0.3, -0.25) is 0 Å². The van der Waals surface area contributed by atoms with E-state index in [1.54, 1.807) is 0 Å². The number of hydrogen-bond acceptors (Lipinski definition) is 2. The summed E-state index contributed by atoms with van der Waals surface area (Å²) in [7, 11) is 4.15. The molecule has 1 unspecified atom stereocenters. The van der Waals surface area contributed by atoms with Gasteiger partial charge in [-0.15, -0.1) is 0 Å². The third-order valence-electron chi connectivity index (χ3n) is 4.45. The van der Waals surface area contributed by atoms with Crippen LogP contribution in [0.2, 0.25) is 0 Å². The molecule has 2 nitrogen and oxygen atoms in total. The normalized spacial score (nSPS) is 19.3. The zero-order valence-corrected chi connectivity index (χ0v) is 15.7. The Kier molecular flexibility index (Phi) is 4.90. The van der Waals surface area contributed by atoms with Crippen molar-refractivity contribution in [3.05, 3.63) is 68.3 Å². The highest BCUT2D eigenvalue weighted by Crippen LogP contribution is 2.41. The minimum Gasteiger partial charge on any atom is -0.380 e. The number of aliphatic hydroxyl groups is 1. The van der Waals surface area contributed by atoms with Crippen LogP contribution in [-0.4, -0.2) is 30.6 Å². The molecule has 0 spiro atoms. The molecule has 0 aliphatic heterocycles. The molecule has 2 aromatic rings. The molecule has 23 heavy (non-hydrogen) atoms. The monoisotopic (exact) mass is 419 g/mol. The van der Waals surface area contributed by atoms with Crippen LogP contribution >= 0.6 is 22.6 Å². The molecule has 0 bridgehead atoms. The predicted octanol–water partition coefficient (Wildman–Crippen LogP) is 4.35. The van der Waals surface area contributed by atoms with Crippen molar-refractivity contribution in [1.82, 2.24) is 4.90 Å².